The molecule has 0 radical (unpaired) electrons. The lowest BCUT2D eigenvalue weighted by atomic mass is 10.0. The van der Waals surface area contributed by atoms with E-state index < -0.39 is 23.6 Å². The lowest BCUT2D eigenvalue weighted by Gasteiger charge is -2.13. The molecule has 1 aliphatic carbocycles. The van der Waals surface area contributed by atoms with Crippen molar-refractivity contribution in [2.75, 3.05) is 0 Å². The van der Waals surface area contributed by atoms with E-state index in [1.807, 2.05) is 6.92 Å². The first kappa shape index (κ1) is 17.8. The number of benzene rings is 2. The maximum Gasteiger partial charge on any atom is 0.280 e. The van der Waals surface area contributed by atoms with Crippen LogP contribution in [0, 0.1) is 11.6 Å². The van der Waals surface area contributed by atoms with Crippen LogP contribution in [0.4, 0.5) is 8.78 Å². The van der Waals surface area contributed by atoms with Crippen molar-refractivity contribution >= 4 is 11.6 Å². The first-order valence-electron chi connectivity index (χ1n) is 8.17. The third-order valence-corrected chi connectivity index (χ3v) is 4.25. The minimum atomic E-state index is -0.871. The van der Waals surface area contributed by atoms with Crippen LogP contribution in [-0.2, 0) is 4.79 Å². The number of halogens is 2. The summed E-state index contributed by atoms with van der Waals surface area (Å²) >= 11 is 0. The number of hydrazone groups is 1. The molecular weight excluding hydrogens is 342 g/mol. The summed E-state index contributed by atoms with van der Waals surface area (Å²) in [6.07, 6.45) is -0.471. The van der Waals surface area contributed by atoms with E-state index in [2.05, 4.69) is 10.5 Å². The molecule has 0 aromatic heterocycles. The Balaban J connectivity index is 1.72. The van der Waals surface area contributed by atoms with E-state index >= 15 is 0 Å². The standard InChI is InChI=1S/C19H18F2N2O3/c1-10-9-15(18-16(24)8-7-14(21)17(10)18)22-23-19(25)11(2)26-13-5-3-12(20)4-6-13/h3-8,10-11,24H,9H2,1-2H3,(H,23,25)/b22-15+/t10-,11-/m0/s1. The summed E-state index contributed by atoms with van der Waals surface area (Å²) in [6.45, 7) is 3.35. The molecule has 0 fully saturated rings. The summed E-state index contributed by atoms with van der Waals surface area (Å²) in [7, 11) is 0. The monoisotopic (exact) mass is 360 g/mol. The number of aromatic hydroxyl groups is 1. The van der Waals surface area contributed by atoms with E-state index in [1.165, 1.54) is 43.3 Å². The lowest BCUT2D eigenvalue weighted by molar-refractivity contribution is -0.127. The van der Waals surface area contributed by atoms with Gasteiger partial charge in [-0.05, 0) is 55.7 Å². The Kier molecular flexibility index (Phi) is 4.88. The maximum atomic E-state index is 14.0. The lowest BCUT2D eigenvalue weighted by Crippen LogP contribution is -2.34. The van der Waals surface area contributed by atoms with Gasteiger partial charge in [0.1, 0.15) is 23.1 Å². The number of nitrogens with one attached hydrogen (secondary N) is 1. The third kappa shape index (κ3) is 3.51. The topological polar surface area (TPSA) is 70.9 Å². The number of amides is 1. The van der Waals surface area contributed by atoms with Gasteiger partial charge in [0.25, 0.3) is 5.91 Å². The van der Waals surface area contributed by atoms with Crippen molar-refractivity contribution in [3.8, 4) is 11.5 Å². The molecule has 1 amide bonds. The van der Waals surface area contributed by atoms with Crippen molar-refractivity contribution in [2.45, 2.75) is 32.3 Å². The van der Waals surface area contributed by atoms with E-state index in [9.17, 15) is 18.7 Å². The smallest absolute Gasteiger partial charge is 0.280 e. The van der Waals surface area contributed by atoms with Gasteiger partial charge in [-0.3, -0.25) is 4.79 Å². The van der Waals surface area contributed by atoms with Crippen molar-refractivity contribution in [3.05, 3.63) is 59.2 Å². The molecular formula is C19H18F2N2O3. The number of hydrogen-bond acceptors (Lipinski definition) is 4. The number of carbonyl (C=O) groups excluding carboxylic acids is 1. The highest BCUT2D eigenvalue weighted by atomic mass is 19.1. The van der Waals surface area contributed by atoms with Gasteiger partial charge < -0.3 is 9.84 Å². The third-order valence-electron chi connectivity index (χ3n) is 4.25. The highest BCUT2D eigenvalue weighted by molar-refractivity contribution is 6.07. The van der Waals surface area contributed by atoms with Crippen LogP contribution in [-0.4, -0.2) is 22.8 Å². The molecule has 0 heterocycles. The molecule has 0 saturated carbocycles. The SMILES string of the molecule is C[C@H](Oc1ccc(F)cc1)C(=O)N/N=C1\C[C@H](C)c2c(F)ccc(O)c21. The Hall–Kier alpha value is -2.96. The van der Waals surface area contributed by atoms with E-state index in [-0.39, 0.29) is 11.7 Å². The van der Waals surface area contributed by atoms with Crippen molar-refractivity contribution in [2.24, 2.45) is 5.10 Å². The van der Waals surface area contributed by atoms with Gasteiger partial charge in [-0.25, -0.2) is 14.2 Å². The average molecular weight is 360 g/mol. The van der Waals surface area contributed by atoms with Gasteiger partial charge in [-0.15, -0.1) is 0 Å². The van der Waals surface area contributed by atoms with Gasteiger partial charge in [0.05, 0.1) is 5.71 Å². The number of phenolic OH excluding ortho intramolecular Hbond substituents is 1. The van der Waals surface area contributed by atoms with Crippen LogP contribution in [0.25, 0.3) is 0 Å². The molecule has 26 heavy (non-hydrogen) atoms. The summed E-state index contributed by atoms with van der Waals surface area (Å²) in [5, 5.41) is 14.1. The minimum Gasteiger partial charge on any atom is -0.507 e. The van der Waals surface area contributed by atoms with Gasteiger partial charge in [-0.1, -0.05) is 6.92 Å². The van der Waals surface area contributed by atoms with Crippen molar-refractivity contribution in [3.63, 3.8) is 0 Å². The summed E-state index contributed by atoms with van der Waals surface area (Å²) in [5.74, 6) is -1.20. The fourth-order valence-corrected chi connectivity index (χ4v) is 2.95. The molecule has 2 aromatic rings. The zero-order valence-electron chi connectivity index (χ0n) is 14.3. The molecule has 2 aromatic carbocycles. The number of rotatable bonds is 4. The highest BCUT2D eigenvalue weighted by Gasteiger charge is 2.31. The van der Waals surface area contributed by atoms with Gasteiger partial charge >= 0.3 is 0 Å². The zero-order chi connectivity index (χ0) is 18.8. The molecule has 2 atom stereocenters. The molecule has 1 aliphatic rings. The largest absolute Gasteiger partial charge is 0.507 e. The van der Waals surface area contributed by atoms with Crippen LogP contribution in [0.1, 0.15) is 37.3 Å². The number of fused-ring (bicyclic) bond motifs is 1. The van der Waals surface area contributed by atoms with E-state index in [0.29, 0.717) is 29.0 Å². The van der Waals surface area contributed by atoms with Crippen LogP contribution in [0.2, 0.25) is 0 Å². The van der Waals surface area contributed by atoms with Gasteiger partial charge in [-0.2, -0.15) is 5.10 Å². The molecule has 0 unspecified atom stereocenters. The molecule has 3 rings (SSSR count). The summed E-state index contributed by atoms with van der Waals surface area (Å²) in [4.78, 5) is 12.2. The second-order valence-corrected chi connectivity index (χ2v) is 6.21. The quantitative estimate of drug-likeness (QED) is 0.821. The predicted octanol–water partition coefficient (Wildman–Crippen LogP) is 3.47. The van der Waals surface area contributed by atoms with E-state index in [4.69, 9.17) is 4.74 Å². The molecule has 7 heteroatoms. The average Bonchev–Trinajstić information content (AvgIpc) is 2.95. The number of hydrogen-bond donors (Lipinski definition) is 2. The molecule has 0 saturated heterocycles. The van der Waals surface area contributed by atoms with Crippen LogP contribution in [0.3, 0.4) is 0 Å². The van der Waals surface area contributed by atoms with Crippen LogP contribution >= 0.6 is 0 Å². The molecule has 0 bridgehead atoms. The normalized spacial score (nSPS) is 18.5. The van der Waals surface area contributed by atoms with E-state index in [0.717, 1.165) is 0 Å². The Labute approximate surface area is 149 Å². The first-order chi connectivity index (χ1) is 12.4. The van der Waals surface area contributed by atoms with Gasteiger partial charge in [0.15, 0.2) is 6.10 Å². The number of ether oxygens (including phenoxy) is 1. The van der Waals surface area contributed by atoms with Crippen molar-refractivity contribution in [1.29, 1.82) is 0 Å². The second-order valence-electron chi connectivity index (χ2n) is 6.21. The Morgan fingerprint density at radius 3 is 2.65 bits per heavy atom. The first-order valence-corrected chi connectivity index (χ1v) is 8.17. The predicted molar refractivity (Wildman–Crippen MR) is 92.3 cm³/mol. The highest BCUT2D eigenvalue weighted by Crippen LogP contribution is 2.39. The fraction of sp³-hybridized carbons (Fsp3) is 0.263. The fourth-order valence-electron chi connectivity index (χ4n) is 2.95. The van der Waals surface area contributed by atoms with E-state index in [1.54, 1.807) is 0 Å². The maximum absolute atomic E-state index is 14.0. The Bertz CT molecular complexity index is 866. The van der Waals surface area contributed by atoms with Crippen LogP contribution < -0.4 is 10.2 Å². The van der Waals surface area contributed by atoms with Crippen LogP contribution in [0.5, 0.6) is 11.5 Å². The number of nitrogens with zero attached hydrogens (tertiary/aromatic N) is 1. The summed E-state index contributed by atoms with van der Waals surface area (Å²) in [6, 6.07) is 7.78. The molecule has 0 spiro atoms. The Morgan fingerprint density at radius 1 is 1.27 bits per heavy atom. The molecule has 2 N–H and O–H groups in total. The number of phenols is 1. The second kappa shape index (κ2) is 7.11. The Morgan fingerprint density at radius 2 is 1.96 bits per heavy atom. The zero-order valence-corrected chi connectivity index (χ0v) is 14.3. The summed E-state index contributed by atoms with van der Waals surface area (Å²) < 4.78 is 32.3. The molecule has 136 valence electrons. The number of carbonyl (C=O) groups is 1. The van der Waals surface area contributed by atoms with Crippen molar-refractivity contribution in [1.82, 2.24) is 5.43 Å². The summed E-state index contributed by atoms with van der Waals surface area (Å²) in [5.41, 5.74) is 3.51. The minimum absolute atomic E-state index is 0.0747. The van der Waals surface area contributed by atoms with Gasteiger partial charge in [0, 0.05) is 11.1 Å². The van der Waals surface area contributed by atoms with Crippen LogP contribution in [0.15, 0.2) is 41.5 Å². The molecule has 5 nitrogen and oxygen atoms in total. The van der Waals surface area contributed by atoms with Gasteiger partial charge in [0.2, 0.25) is 0 Å². The molecule has 0 aliphatic heterocycles. The van der Waals surface area contributed by atoms with Crippen molar-refractivity contribution < 1.29 is 23.4 Å².